The van der Waals surface area contributed by atoms with Gasteiger partial charge in [-0.3, -0.25) is 0 Å². The van der Waals surface area contributed by atoms with Crippen LogP contribution in [0.2, 0.25) is 0 Å². The predicted molar refractivity (Wildman–Crippen MR) is 79.3 cm³/mol. The third-order valence-electron chi connectivity index (χ3n) is 2.99. The van der Waals surface area contributed by atoms with Crippen LogP contribution in [0.15, 0.2) is 48.1 Å². The lowest BCUT2D eigenvalue weighted by atomic mass is 10.1. The van der Waals surface area contributed by atoms with Gasteiger partial charge in [0.05, 0.1) is 16.3 Å². The van der Waals surface area contributed by atoms with Crippen LogP contribution in [0.4, 0.5) is 5.82 Å². The molecule has 0 aliphatic carbocycles. The second-order valence-corrected chi connectivity index (χ2v) is 5.12. The summed E-state index contributed by atoms with van der Waals surface area (Å²) in [5.41, 5.74) is 7.99. The number of hydrogen-bond acceptors (Lipinski definition) is 5. The molecule has 5 heteroatoms. The number of hydrogen-bond donors (Lipinski definition) is 2. The molecule has 0 saturated heterocycles. The minimum absolute atomic E-state index is 0.0569. The lowest BCUT2D eigenvalue weighted by molar-refractivity contribution is 0.785. The van der Waals surface area contributed by atoms with E-state index in [0.29, 0.717) is 6.54 Å². The summed E-state index contributed by atoms with van der Waals surface area (Å²) in [5.74, 6) is 0.847. The van der Waals surface area contributed by atoms with Crippen LogP contribution in [-0.2, 0) is 0 Å². The van der Waals surface area contributed by atoms with Crippen molar-refractivity contribution in [1.29, 1.82) is 0 Å². The van der Waals surface area contributed by atoms with Gasteiger partial charge in [0.1, 0.15) is 12.1 Å². The Hall–Kier alpha value is -1.98. The molecular weight excluding hydrogens is 256 g/mol. The standard InChI is InChI=1S/C14H14N4S/c15-8-12(10-4-2-1-3-5-10)18-14-13-11(6-7-19-13)16-9-17-14/h1-7,9,12H,8,15H2,(H,16,17,18). The zero-order chi connectivity index (χ0) is 13.1. The van der Waals surface area contributed by atoms with E-state index in [4.69, 9.17) is 5.73 Å². The second kappa shape index (κ2) is 5.34. The molecule has 3 aromatic rings. The summed E-state index contributed by atoms with van der Waals surface area (Å²) in [7, 11) is 0. The van der Waals surface area contributed by atoms with E-state index in [0.717, 1.165) is 21.6 Å². The molecule has 2 aromatic heterocycles. The van der Waals surface area contributed by atoms with Crippen LogP contribution < -0.4 is 11.1 Å². The van der Waals surface area contributed by atoms with E-state index < -0.39 is 0 Å². The maximum atomic E-state index is 5.87. The van der Waals surface area contributed by atoms with Gasteiger partial charge in [0.15, 0.2) is 0 Å². The lowest BCUT2D eigenvalue weighted by Gasteiger charge is -2.18. The zero-order valence-corrected chi connectivity index (χ0v) is 11.1. The number of anilines is 1. The third-order valence-corrected chi connectivity index (χ3v) is 3.90. The smallest absolute Gasteiger partial charge is 0.147 e. The van der Waals surface area contributed by atoms with E-state index in [1.807, 2.05) is 29.6 Å². The Morgan fingerprint density at radius 2 is 2.00 bits per heavy atom. The van der Waals surface area contributed by atoms with Crippen molar-refractivity contribution in [3.05, 3.63) is 53.7 Å². The maximum Gasteiger partial charge on any atom is 0.147 e. The van der Waals surface area contributed by atoms with Crippen molar-refractivity contribution in [3.63, 3.8) is 0 Å². The number of nitrogens with zero attached hydrogens (tertiary/aromatic N) is 2. The van der Waals surface area contributed by atoms with Crippen molar-refractivity contribution in [1.82, 2.24) is 9.97 Å². The van der Waals surface area contributed by atoms with E-state index in [1.165, 1.54) is 0 Å². The quantitative estimate of drug-likeness (QED) is 0.765. The summed E-state index contributed by atoms with van der Waals surface area (Å²) in [5, 5.41) is 5.43. The number of benzene rings is 1. The largest absolute Gasteiger partial charge is 0.361 e. The highest BCUT2D eigenvalue weighted by Gasteiger charge is 2.12. The molecule has 0 amide bonds. The van der Waals surface area contributed by atoms with Crippen molar-refractivity contribution in [3.8, 4) is 0 Å². The summed E-state index contributed by atoms with van der Waals surface area (Å²) >= 11 is 1.63. The van der Waals surface area contributed by atoms with E-state index in [1.54, 1.807) is 17.7 Å². The summed E-state index contributed by atoms with van der Waals surface area (Å²) < 4.78 is 1.07. The normalized spacial score (nSPS) is 12.5. The molecule has 0 fully saturated rings. The Morgan fingerprint density at radius 1 is 1.16 bits per heavy atom. The van der Waals surface area contributed by atoms with E-state index in [2.05, 4.69) is 27.4 Å². The molecule has 2 heterocycles. The summed E-state index contributed by atoms with van der Waals surface area (Å²) in [4.78, 5) is 8.56. The first-order valence-corrected chi connectivity index (χ1v) is 6.96. The summed E-state index contributed by atoms with van der Waals surface area (Å²) in [6, 6.07) is 12.2. The first-order valence-electron chi connectivity index (χ1n) is 6.08. The zero-order valence-electron chi connectivity index (χ0n) is 10.3. The minimum atomic E-state index is 0.0569. The van der Waals surface area contributed by atoms with Crippen molar-refractivity contribution in [2.24, 2.45) is 5.73 Å². The molecule has 4 nitrogen and oxygen atoms in total. The molecular formula is C14H14N4S. The fourth-order valence-corrected chi connectivity index (χ4v) is 2.82. The number of rotatable bonds is 4. The van der Waals surface area contributed by atoms with Crippen molar-refractivity contribution >= 4 is 27.4 Å². The highest BCUT2D eigenvalue weighted by atomic mass is 32.1. The first-order chi connectivity index (χ1) is 9.38. The van der Waals surface area contributed by atoms with Crippen LogP contribution >= 0.6 is 11.3 Å². The van der Waals surface area contributed by atoms with Gasteiger partial charge in [-0.15, -0.1) is 11.3 Å². The molecule has 3 rings (SSSR count). The number of thiophene rings is 1. The minimum Gasteiger partial charge on any atom is -0.361 e. The highest BCUT2D eigenvalue weighted by Crippen LogP contribution is 2.27. The molecule has 0 saturated carbocycles. The van der Waals surface area contributed by atoms with Gasteiger partial charge in [0, 0.05) is 6.54 Å². The summed E-state index contributed by atoms with van der Waals surface area (Å²) in [6.07, 6.45) is 1.58. The summed E-state index contributed by atoms with van der Waals surface area (Å²) in [6.45, 7) is 0.515. The average molecular weight is 270 g/mol. The Morgan fingerprint density at radius 3 is 2.79 bits per heavy atom. The predicted octanol–water partition coefficient (Wildman–Crippen LogP) is 2.80. The number of aromatic nitrogens is 2. The molecule has 19 heavy (non-hydrogen) atoms. The van der Waals surface area contributed by atoms with Gasteiger partial charge < -0.3 is 11.1 Å². The lowest BCUT2D eigenvalue weighted by Crippen LogP contribution is -2.21. The van der Waals surface area contributed by atoms with Gasteiger partial charge in [0.25, 0.3) is 0 Å². The molecule has 1 aromatic carbocycles. The molecule has 0 aliphatic heterocycles. The Balaban J connectivity index is 1.93. The second-order valence-electron chi connectivity index (χ2n) is 4.20. The highest BCUT2D eigenvalue weighted by molar-refractivity contribution is 7.17. The molecule has 96 valence electrons. The Bertz CT molecular complexity index is 665. The van der Waals surface area contributed by atoms with Crippen molar-refractivity contribution < 1.29 is 0 Å². The van der Waals surface area contributed by atoms with Crippen molar-refractivity contribution in [2.45, 2.75) is 6.04 Å². The average Bonchev–Trinajstić information content (AvgIpc) is 2.95. The van der Waals surface area contributed by atoms with Crippen LogP contribution in [0.1, 0.15) is 11.6 Å². The van der Waals surface area contributed by atoms with Gasteiger partial charge in [0.2, 0.25) is 0 Å². The Kier molecular flexibility index (Phi) is 3.39. The maximum absolute atomic E-state index is 5.87. The number of fused-ring (bicyclic) bond motifs is 1. The molecule has 0 radical (unpaired) electrons. The van der Waals surface area contributed by atoms with E-state index in [9.17, 15) is 0 Å². The first kappa shape index (κ1) is 12.1. The molecule has 0 bridgehead atoms. The SMILES string of the molecule is NCC(Nc1ncnc2ccsc12)c1ccccc1. The van der Waals surface area contributed by atoms with Crippen LogP contribution in [0, 0.1) is 0 Å². The van der Waals surface area contributed by atoms with Gasteiger partial charge in [-0.2, -0.15) is 0 Å². The molecule has 1 unspecified atom stereocenters. The molecule has 0 aliphatic rings. The van der Waals surface area contributed by atoms with Crippen molar-refractivity contribution in [2.75, 3.05) is 11.9 Å². The fraction of sp³-hybridized carbons (Fsp3) is 0.143. The van der Waals surface area contributed by atoms with E-state index in [-0.39, 0.29) is 6.04 Å². The number of nitrogens with one attached hydrogen (secondary N) is 1. The third kappa shape index (κ3) is 2.43. The van der Waals surface area contributed by atoms with Crippen LogP contribution in [0.25, 0.3) is 10.2 Å². The van der Waals surface area contributed by atoms with Gasteiger partial charge in [-0.05, 0) is 17.0 Å². The molecule has 3 N–H and O–H groups in total. The van der Waals surface area contributed by atoms with Gasteiger partial charge in [-0.25, -0.2) is 9.97 Å². The topological polar surface area (TPSA) is 63.8 Å². The molecule has 0 spiro atoms. The molecule has 1 atom stereocenters. The van der Waals surface area contributed by atoms with Gasteiger partial charge >= 0.3 is 0 Å². The monoisotopic (exact) mass is 270 g/mol. The van der Waals surface area contributed by atoms with Crippen LogP contribution in [0.3, 0.4) is 0 Å². The fourth-order valence-electron chi connectivity index (χ4n) is 2.02. The van der Waals surface area contributed by atoms with Crippen LogP contribution in [0.5, 0.6) is 0 Å². The van der Waals surface area contributed by atoms with Crippen LogP contribution in [-0.4, -0.2) is 16.5 Å². The number of nitrogens with two attached hydrogens (primary N) is 1. The van der Waals surface area contributed by atoms with Gasteiger partial charge in [-0.1, -0.05) is 30.3 Å². The Labute approximate surface area is 115 Å². The van der Waals surface area contributed by atoms with E-state index >= 15 is 0 Å².